The van der Waals surface area contributed by atoms with E-state index in [-0.39, 0.29) is 29.8 Å². The van der Waals surface area contributed by atoms with Gasteiger partial charge in [0.2, 0.25) is 0 Å². The topological polar surface area (TPSA) is 55.4 Å². The normalized spacial score (nSPS) is 21.3. The Kier molecular flexibility index (Phi) is 4.98. The standard InChI is InChI=1S/C12H14BrF2NO3S/c13-9-1-2-11(19-12(14)15)8(5-9)6-16-10-3-4-20(17,18)7-10/h1-2,5,10,12,16H,3-4,6-7H2. The molecule has 1 aromatic rings. The molecule has 1 aliphatic heterocycles. The molecular weight excluding hydrogens is 356 g/mol. The summed E-state index contributed by atoms with van der Waals surface area (Å²) in [6.07, 6.45) is 0.543. The number of rotatable bonds is 5. The van der Waals surface area contributed by atoms with Gasteiger partial charge >= 0.3 is 6.61 Å². The molecule has 1 unspecified atom stereocenters. The summed E-state index contributed by atoms with van der Waals surface area (Å²) in [5.74, 6) is 0.354. The zero-order chi connectivity index (χ0) is 14.8. The van der Waals surface area contributed by atoms with E-state index in [0.29, 0.717) is 12.0 Å². The molecule has 0 saturated carbocycles. The van der Waals surface area contributed by atoms with Crippen molar-refractivity contribution in [1.29, 1.82) is 0 Å². The lowest BCUT2D eigenvalue weighted by Gasteiger charge is -2.14. The quantitative estimate of drug-likeness (QED) is 0.865. The fraction of sp³-hybridized carbons (Fsp3) is 0.500. The Morgan fingerprint density at radius 3 is 2.80 bits per heavy atom. The van der Waals surface area contributed by atoms with E-state index in [1.54, 1.807) is 12.1 Å². The first kappa shape index (κ1) is 15.7. The molecule has 20 heavy (non-hydrogen) atoms. The first-order valence-corrected chi connectivity index (χ1v) is 8.64. The summed E-state index contributed by atoms with van der Waals surface area (Å²) < 4.78 is 52.5. The summed E-state index contributed by atoms with van der Waals surface area (Å²) in [6, 6.07) is 4.60. The van der Waals surface area contributed by atoms with Gasteiger partial charge in [0.05, 0.1) is 11.5 Å². The number of halogens is 3. The van der Waals surface area contributed by atoms with Crippen LogP contribution in [-0.2, 0) is 16.4 Å². The van der Waals surface area contributed by atoms with Crippen molar-refractivity contribution in [3.8, 4) is 5.75 Å². The highest BCUT2D eigenvalue weighted by atomic mass is 79.9. The van der Waals surface area contributed by atoms with Crippen molar-refractivity contribution in [2.24, 2.45) is 0 Å². The van der Waals surface area contributed by atoms with Gasteiger partial charge in [-0.25, -0.2) is 8.42 Å². The van der Waals surface area contributed by atoms with Gasteiger partial charge in [0, 0.05) is 22.6 Å². The third kappa shape index (κ3) is 4.39. The second-order valence-corrected chi connectivity index (χ2v) is 7.76. The van der Waals surface area contributed by atoms with E-state index in [1.165, 1.54) is 6.07 Å². The van der Waals surface area contributed by atoms with Crippen LogP contribution in [0.25, 0.3) is 0 Å². The Morgan fingerprint density at radius 1 is 1.45 bits per heavy atom. The molecule has 1 aromatic carbocycles. The highest BCUT2D eigenvalue weighted by molar-refractivity contribution is 9.10. The van der Waals surface area contributed by atoms with E-state index in [4.69, 9.17) is 0 Å². The van der Waals surface area contributed by atoms with Crippen LogP contribution >= 0.6 is 15.9 Å². The number of benzene rings is 1. The van der Waals surface area contributed by atoms with Crippen LogP contribution in [0, 0.1) is 0 Å². The number of hydrogen-bond acceptors (Lipinski definition) is 4. The lowest BCUT2D eigenvalue weighted by molar-refractivity contribution is -0.0505. The van der Waals surface area contributed by atoms with Crippen molar-refractivity contribution in [2.45, 2.75) is 25.6 Å². The van der Waals surface area contributed by atoms with Crippen molar-refractivity contribution in [2.75, 3.05) is 11.5 Å². The third-order valence-corrected chi connectivity index (χ3v) is 5.31. The first-order chi connectivity index (χ1) is 9.35. The molecule has 0 radical (unpaired) electrons. The van der Waals surface area contributed by atoms with E-state index in [2.05, 4.69) is 26.0 Å². The van der Waals surface area contributed by atoms with Crippen LogP contribution in [0.1, 0.15) is 12.0 Å². The number of hydrogen-bond donors (Lipinski definition) is 1. The van der Waals surface area contributed by atoms with E-state index in [0.717, 1.165) is 4.47 Å². The van der Waals surface area contributed by atoms with Gasteiger partial charge in [0.25, 0.3) is 0 Å². The fourth-order valence-corrected chi connectivity index (χ4v) is 4.22. The van der Waals surface area contributed by atoms with Crippen molar-refractivity contribution in [1.82, 2.24) is 5.32 Å². The lowest BCUT2D eigenvalue weighted by atomic mass is 10.2. The van der Waals surface area contributed by atoms with Crippen molar-refractivity contribution >= 4 is 25.8 Å². The number of ether oxygens (including phenoxy) is 1. The second kappa shape index (κ2) is 6.36. The van der Waals surface area contributed by atoms with Crippen LogP contribution in [0.3, 0.4) is 0 Å². The minimum absolute atomic E-state index is 0.0893. The predicted molar refractivity (Wildman–Crippen MR) is 74.7 cm³/mol. The zero-order valence-corrected chi connectivity index (χ0v) is 12.9. The van der Waals surface area contributed by atoms with E-state index >= 15 is 0 Å². The van der Waals surface area contributed by atoms with Crippen LogP contribution in [0.15, 0.2) is 22.7 Å². The van der Waals surface area contributed by atoms with Gasteiger partial charge < -0.3 is 10.1 Å². The Morgan fingerprint density at radius 2 is 2.20 bits per heavy atom. The summed E-state index contributed by atoms with van der Waals surface area (Å²) in [7, 11) is -2.96. The smallest absolute Gasteiger partial charge is 0.387 e. The molecule has 1 aliphatic rings. The summed E-state index contributed by atoms with van der Waals surface area (Å²) >= 11 is 3.27. The Bertz CT molecular complexity index is 580. The maximum Gasteiger partial charge on any atom is 0.387 e. The molecule has 1 fully saturated rings. The molecule has 1 saturated heterocycles. The SMILES string of the molecule is O=S1(=O)CCC(NCc2cc(Br)ccc2OC(F)F)C1. The zero-order valence-electron chi connectivity index (χ0n) is 10.5. The Labute approximate surface area is 124 Å². The molecule has 0 aromatic heterocycles. The second-order valence-electron chi connectivity index (χ2n) is 4.61. The Hall–Kier alpha value is -0.730. The molecule has 0 amide bonds. The largest absolute Gasteiger partial charge is 0.434 e. The van der Waals surface area contributed by atoms with E-state index in [9.17, 15) is 17.2 Å². The molecule has 8 heteroatoms. The first-order valence-electron chi connectivity index (χ1n) is 6.03. The molecule has 0 bridgehead atoms. The highest BCUT2D eigenvalue weighted by Crippen LogP contribution is 2.25. The van der Waals surface area contributed by atoms with Gasteiger partial charge in [0.1, 0.15) is 5.75 Å². The average Bonchev–Trinajstić information content (AvgIpc) is 2.69. The van der Waals surface area contributed by atoms with E-state index < -0.39 is 16.4 Å². The molecule has 1 atom stereocenters. The van der Waals surface area contributed by atoms with Crippen molar-refractivity contribution in [3.05, 3.63) is 28.2 Å². The monoisotopic (exact) mass is 369 g/mol. The van der Waals surface area contributed by atoms with Gasteiger partial charge in [-0.2, -0.15) is 8.78 Å². The Balaban J connectivity index is 2.03. The number of alkyl halides is 2. The minimum atomic E-state index is -2.96. The number of nitrogens with one attached hydrogen (secondary N) is 1. The molecule has 112 valence electrons. The van der Waals surface area contributed by atoms with Gasteiger partial charge in [-0.1, -0.05) is 15.9 Å². The molecule has 0 spiro atoms. The van der Waals surface area contributed by atoms with Crippen LogP contribution in [0.2, 0.25) is 0 Å². The van der Waals surface area contributed by atoms with Gasteiger partial charge in [-0.3, -0.25) is 0 Å². The molecule has 0 aliphatic carbocycles. The predicted octanol–water partition coefficient (Wildman–Crippen LogP) is 2.33. The molecule has 2 rings (SSSR count). The lowest BCUT2D eigenvalue weighted by Crippen LogP contribution is -2.29. The summed E-state index contributed by atoms with van der Waals surface area (Å²) in [5.41, 5.74) is 0.559. The summed E-state index contributed by atoms with van der Waals surface area (Å²) in [6.45, 7) is -2.61. The van der Waals surface area contributed by atoms with Crippen molar-refractivity contribution < 1.29 is 21.9 Å². The van der Waals surface area contributed by atoms with E-state index in [1.807, 2.05) is 0 Å². The maximum atomic E-state index is 12.3. The van der Waals surface area contributed by atoms with Crippen molar-refractivity contribution in [3.63, 3.8) is 0 Å². The highest BCUT2D eigenvalue weighted by Gasteiger charge is 2.27. The minimum Gasteiger partial charge on any atom is -0.434 e. The molecule has 4 nitrogen and oxygen atoms in total. The van der Waals surface area contributed by atoms with Crippen LogP contribution < -0.4 is 10.1 Å². The van der Waals surface area contributed by atoms with Gasteiger partial charge in [0.15, 0.2) is 9.84 Å². The summed E-state index contributed by atoms with van der Waals surface area (Å²) in [5, 5.41) is 3.07. The molecule has 1 heterocycles. The number of sulfone groups is 1. The third-order valence-electron chi connectivity index (χ3n) is 3.05. The molecule has 1 N–H and O–H groups in total. The summed E-state index contributed by atoms with van der Waals surface area (Å²) in [4.78, 5) is 0. The van der Waals surface area contributed by atoms with Gasteiger partial charge in [-0.05, 0) is 24.6 Å². The fourth-order valence-electron chi connectivity index (χ4n) is 2.11. The van der Waals surface area contributed by atoms with Crippen LogP contribution in [0.4, 0.5) is 8.78 Å². The van der Waals surface area contributed by atoms with Gasteiger partial charge in [-0.15, -0.1) is 0 Å². The van der Waals surface area contributed by atoms with Crippen LogP contribution in [0.5, 0.6) is 5.75 Å². The molecular formula is C12H14BrF2NO3S. The maximum absolute atomic E-state index is 12.3. The van der Waals surface area contributed by atoms with Crippen LogP contribution in [-0.4, -0.2) is 32.6 Å². The average molecular weight is 370 g/mol.